The average Bonchev–Trinajstić information content (AvgIpc) is 2.56. The van der Waals surface area contributed by atoms with Crippen molar-refractivity contribution < 1.29 is 9.84 Å². The molecule has 0 aromatic carbocycles. The lowest BCUT2D eigenvalue weighted by Crippen LogP contribution is -2.48. The molecule has 1 aliphatic heterocycles. The molecule has 0 amide bonds. The third-order valence-electron chi connectivity index (χ3n) is 4.06. The van der Waals surface area contributed by atoms with Crippen LogP contribution in [0.25, 0.3) is 0 Å². The van der Waals surface area contributed by atoms with Gasteiger partial charge in [-0.05, 0) is 25.8 Å². The number of rotatable bonds is 2. The SMILES string of the molecule is CN1CCOC(C(O)C2CCCCCC2)C1. The van der Waals surface area contributed by atoms with Gasteiger partial charge in [0.25, 0.3) is 0 Å². The van der Waals surface area contributed by atoms with E-state index in [1.54, 1.807) is 0 Å². The Hall–Kier alpha value is -0.120. The smallest absolute Gasteiger partial charge is 0.0963 e. The van der Waals surface area contributed by atoms with E-state index >= 15 is 0 Å². The molecule has 2 fully saturated rings. The molecular formula is C13H25NO2. The van der Waals surface area contributed by atoms with Gasteiger partial charge in [-0.1, -0.05) is 25.7 Å². The topological polar surface area (TPSA) is 32.7 Å². The summed E-state index contributed by atoms with van der Waals surface area (Å²) in [5.74, 6) is 0.471. The minimum Gasteiger partial charge on any atom is -0.390 e. The molecular weight excluding hydrogens is 202 g/mol. The fourth-order valence-electron chi connectivity index (χ4n) is 2.97. The molecule has 1 aliphatic carbocycles. The molecule has 0 aromatic rings. The summed E-state index contributed by atoms with van der Waals surface area (Å²) < 4.78 is 5.71. The maximum absolute atomic E-state index is 10.4. The summed E-state index contributed by atoms with van der Waals surface area (Å²) in [5, 5.41) is 10.4. The summed E-state index contributed by atoms with van der Waals surface area (Å²) in [6.07, 6.45) is 7.41. The minimum absolute atomic E-state index is 0.0434. The van der Waals surface area contributed by atoms with Crippen molar-refractivity contribution in [3.05, 3.63) is 0 Å². The second kappa shape index (κ2) is 5.99. The summed E-state index contributed by atoms with van der Waals surface area (Å²) in [7, 11) is 2.11. The first-order valence-corrected chi connectivity index (χ1v) is 6.75. The maximum atomic E-state index is 10.4. The number of aliphatic hydroxyl groups excluding tert-OH is 1. The molecule has 0 spiro atoms. The van der Waals surface area contributed by atoms with Gasteiger partial charge in [0.05, 0.1) is 18.8 Å². The highest BCUT2D eigenvalue weighted by Gasteiger charge is 2.31. The molecule has 0 bridgehead atoms. The molecule has 3 heteroatoms. The Labute approximate surface area is 98.8 Å². The molecule has 1 saturated carbocycles. The van der Waals surface area contributed by atoms with E-state index in [0.717, 1.165) is 19.7 Å². The summed E-state index contributed by atoms with van der Waals surface area (Å²) >= 11 is 0. The molecule has 2 rings (SSSR count). The van der Waals surface area contributed by atoms with Gasteiger partial charge in [-0.2, -0.15) is 0 Å². The average molecular weight is 227 g/mol. The molecule has 2 aliphatic rings. The highest BCUT2D eigenvalue weighted by atomic mass is 16.5. The van der Waals surface area contributed by atoms with Crippen LogP contribution in [-0.2, 0) is 4.74 Å². The van der Waals surface area contributed by atoms with E-state index in [0.29, 0.717) is 5.92 Å². The first kappa shape index (κ1) is 12.3. The lowest BCUT2D eigenvalue weighted by Gasteiger charge is -2.36. The van der Waals surface area contributed by atoms with Crippen LogP contribution in [-0.4, -0.2) is 49.0 Å². The third kappa shape index (κ3) is 3.19. The van der Waals surface area contributed by atoms with Gasteiger partial charge in [0.15, 0.2) is 0 Å². The lowest BCUT2D eigenvalue weighted by molar-refractivity contribution is -0.103. The Morgan fingerprint density at radius 2 is 1.88 bits per heavy atom. The van der Waals surface area contributed by atoms with E-state index in [1.165, 1.54) is 38.5 Å². The zero-order chi connectivity index (χ0) is 11.4. The van der Waals surface area contributed by atoms with Crippen LogP contribution in [0.1, 0.15) is 38.5 Å². The Balaban J connectivity index is 1.86. The monoisotopic (exact) mass is 227 g/mol. The van der Waals surface area contributed by atoms with Crippen molar-refractivity contribution in [2.45, 2.75) is 50.7 Å². The Morgan fingerprint density at radius 1 is 1.19 bits per heavy atom. The fourth-order valence-corrected chi connectivity index (χ4v) is 2.97. The molecule has 3 nitrogen and oxygen atoms in total. The Bertz CT molecular complexity index is 200. The molecule has 2 unspecified atom stereocenters. The summed E-state index contributed by atoms with van der Waals surface area (Å²) in [5.41, 5.74) is 0. The molecule has 1 saturated heterocycles. The number of hydrogen-bond donors (Lipinski definition) is 1. The molecule has 94 valence electrons. The lowest BCUT2D eigenvalue weighted by atomic mass is 9.90. The standard InChI is InChI=1S/C13H25NO2/c1-14-8-9-16-12(10-14)13(15)11-6-4-2-3-5-7-11/h11-13,15H,2-10H2,1H3. The van der Waals surface area contributed by atoms with E-state index in [4.69, 9.17) is 4.74 Å². The first-order chi connectivity index (χ1) is 7.77. The van der Waals surface area contributed by atoms with E-state index in [9.17, 15) is 5.11 Å². The first-order valence-electron chi connectivity index (χ1n) is 6.75. The van der Waals surface area contributed by atoms with E-state index < -0.39 is 0 Å². The fraction of sp³-hybridized carbons (Fsp3) is 1.00. The summed E-state index contributed by atoms with van der Waals surface area (Å²) in [6, 6.07) is 0. The largest absolute Gasteiger partial charge is 0.390 e. The number of likely N-dealkylation sites (N-methyl/N-ethyl adjacent to an activating group) is 1. The minimum atomic E-state index is -0.249. The van der Waals surface area contributed by atoms with Crippen LogP contribution in [0.3, 0.4) is 0 Å². The number of nitrogens with zero attached hydrogens (tertiary/aromatic N) is 1. The van der Waals surface area contributed by atoms with E-state index in [1.807, 2.05) is 0 Å². The quantitative estimate of drug-likeness (QED) is 0.728. The van der Waals surface area contributed by atoms with Crippen LogP contribution in [0.4, 0.5) is 0 Å². The van der Waals surface area contributed by atoms with Gasteiger partial charge in [0.1, 0.15) is 0 Å². The Morgan fingerprint density at radius 3 is 2.50 bits per heavy atom. The van der Waals surface area contributed by atoms with Gasteiger partial charge >= 0.3 is 0 Å². The van der Waals surface area contributed by atoms with Gasteiger partial charge in [-0.3, -0.25) is 0 Å². The predicted molar refractivity (Wildman–Crippen MR) is 64.4 cm³/mol. The number of ether oxygens (including phenoxy) is 1. The molecule has 2 atom stereocenters. The highest BCUT2D eigenvalue weighted by Crippen LogP contribution is 2.28. The third-order valence-corrected chi connectivity index (χ3v) is 4.06. The summed E-state index contributed by atoms with van der Waals surface area (Å²) in [6.45, 7) is 2.65. The molecule has 0 radical (unpaired) electrons. The molecule has 1 N–H and O–H groups in total. The van der Waals surface area contributed by atoms with E-state index in [-0.39, 0.29) is 12.2 Å². The van der Waals surface area contributed by atoms with Gasteiger partial charge in [0.2, 0.25) is 0 Å². The van der Waals surface area contributed by atoms with Crippen LogP contribution in [0.2, 0.25) is 0 Å². The van der Waals surface area contributed by atoms with Crippen LogP contribution in [0.15, 0.2) is 0 Å². The second-order valence-corrected chi connectivity index (χ2v) is 5.41. The van der Waals surface area contributed by atoms with Crippen LogP contribution >= 0.6 is 0 Å². The second-order valence-electron chi connectivity index (χ2n) is 5.41. The van der Waals surface area contributed by atoms with Gasteiger partial charge < -0.3 is 14.7 Å². The highest BCUT2D eigenvalue weighted by molar-refractivity contribution is 4.82. The normalized spacial score (nSPS) is 32.2. The van der Waals surface area contributed by atoms with Crippen LogP contribution in [0.5, 0.6) is 0 Å². The van der Waals surface area contributed by atoms with Crippen molar-refractivity contribution in [1.29, 1.82) is 0 Å². The van der Waals surface area contributed by atoms with Crippen molar-refractivity contribution in [3.63, 3.8) is 0 Å². The number of morpholine rings is 1. The maximum Gasteiger partial charge on any atom is 0.0963 e. The predicted octanol–water partition coefficient (Wildman–Crippen LogP) is 1.65. The molecule has 16 heavy (non-hydrogen) atoms. The van der Waals surface area contributed by atoms with Crippen LogP contribution in [0, 0.1) is 5.92 Å². The Kier molecular flexibility index (Phi) is 4.62. The zero-order valence-electron chi connectivity index (χ0n) is 10.4. The summed E-state index contributed by atoms with van der Waals surface area (Å²) in [4.78, 5) is 2.26. The number of hydrogen-bond acceptors (Lipinski definition) is 3. The van der Waals surface area contributed by atoms with Gasteiger partial charge in [-0.15, -0.1) is 0 Å². The number of aliphatic hydroxyl groups is 1. The van der Waals surface area contributed by atoms with Crippen molar-refractivity contribution in [2.24, 2.45) is 5.92 Å². The molecule has 0 aromatic heterocycles. The van der Waals surface area contributed by atoms with Crippen molar-refractivity contribution in [1.82, 2.24) is 4.90 Å². The van der Waals surface area contributed by atoms with Gasteiger partial charge in [-0.25, -0.2) is 0 Å². The van der Waals surface area contributed by atoms with Crippen molar-refractivity contribution in [2.75, 3.05) is 26.7 Å². The van der Waals surface area contributed by atoms with E-state index in [2.05, 4.69) is 11.9 Å². The zero-order valence-corrected chi connectivity index (χ0v) is 10.4. The molecule has 1 heterocycles. The van der Waals surface area contributed by atoms with Crippen LogP contribution < -0.4 is 0 Å². The van der Waals surface area contributed by atoms with Crippen molar-refractivity contribution >= 4 is 0 Å². The van der Waals surface area contributed by atoms with Gasteiger partial charge in [0, 0.05) is 13.1 Å². The van der Waals surface area contributed by atoms with Crippen molar-refractivity contribution in [3.8, 4) is 0 Å².